The summed E-state index contributed by atoms with van der Waals surface area (Å²) in [6.07, 6.45) is 1.39. The van der Waals surface area contributed by atoms with Crippen molar-refractivity contribution in [1.82, 2.24) is 5.32 Å². The highest BCUT2D eigenvalue weighted by Crippen LogP contribution is 2.11. The highest BCUT2D eigenvalue weighted by atomic mass is 32.1. The molecule has 1 amide bonds. The van der Waals surface area contributed by atoms with Gasteiger partial charge in [0.25, 0.3) is 0 Å². The second kappa shape index (κ2) is 6.36. The lowest BCUT2D eigenvalue weighted by Crippen LogP contribution is -2.23. The molecule has 0 saturated carbocycles. The zero-order valence-electron chi connectivity index (χ0n) is 10.5. The van der Waals surface area contributed by atoms with Crippen LogP contribution in [-0.2, 0) is 17.8 Å². The van der Waals surface area contributed by atoms with Gasteiger partial charge in [-0.05, 0) is 35.9 Å². The fourth-order valence-electron chi connectivity index (χ4n) is 1.78. The molecule has 2 nitrogen and oxygen atoms in total. The summed E-state index contributed by atoms with van der Waals surface area (Å²) in [7, 11) is 0. The van der Waals surface area contributed by atoms with Crippen LogP contribution in [0.25, 0.3) is 0 Å². The van der Waals surface area contributed by atoms with E-state index in [0.29, 0.717) is 13.0 Å². The topological polar surface area (TPSA) is 29.1 Å². The molecule has 0 radical (unpaired) electrons. The fraction of sp³-hybridized carbons (Fsp3) is 0.267. The van der Waals surface area contributed by atoms with Crippen molar-refractivity contribution < 1.29 is 4.79 Å². The highest BCUT2D eigenvalue weighted by molar-refractivity contribution is 7.09. The molecule has 0 saturated heterocycles. The maximum atomic E-state index is 11.7. The van der Waals surface area contributed by atoms with Gasteiger partial charge in [0.1, 0.15) is 0 Å². The summed E-state index contributed by atoms with van der Waals surface area (Å²) in [5, 5.41) is 5.01. The third kappa shape index (κ3) is 3.70. The summed E-state index contributed by atoms with van der Waals surface area (Å²) in [4.78, 5) is 13.0. The largest absolute Gasteiger partial charge is 0.352 e. The van der Waals surface area contributed by atoms with Gasteiger partial charge in [0.2, 0.25) is 5.91 Å². The standard InChI is InChI=1S/C15H17NOS/c1-12-5-2-3-6-13(12)11-16-15(17)9-8-14-7-4-10-18-14/h2-7,10H,8-9,11H2,1H3,(H,16,17). The Hall–Kier alpha value is -1.61. The number of amides is 1. The maximum Gasteiger partial charge on any atom is 0.220 e. The second-order valence-corrected chi connectivity index (χ2v) is 5.31. The van der Waals surface area contributed by atoms with Crippen molar-refractivity contribution in [1.29, 1.82) is 0 Å². The number of carbonyl (C=O) groups excluding carboxylic acids is 1. The summed E-state index contributed by atoms with van der Waals surface area (Å²) < 4.78 is 0. The van der Waals surface area contributed by atoms with Crippen molar-refractivity contribution in [2.24, 2.45) is 0 Å². The van der Waals surface area contributed by atoms with E-state index in [9.17, 15) is 4.79 Å². The van der Waals surface area contributed by atoms with Gasteiger partial charge >= 0.3 is 0 Å². The predicted octanol–water partition coefficient (Wildman–Crippen LogP) is 3.31. The Labute approximate surface area is 112 Å². The Bertz CT molecular complexity index is 505. The van der Waals surface area contributed by atoms with E-state index in [-0.39, 0.29) is 5.91 Å². The van der Waals surface area contributed by atoms with Crippen LogP contribution < -0.4 is 5.32 Å². The number of benzene rings is 1. The molecule has 0 bridgehead atoms. The first-order chi connectivity index (χ1) is 8.75. The van der Waals surface area contributed by atoms with Crippen molar-refractivity contribution in [3.63, 3.8) is 0 Å². The number of nitrogens with one attached hydrogen (secondary N) is 1. The second-order valence-electron chi connectivity index (χ2n) is 4.28. The molecule has 0 fully saturated rings. The average Bonchev–Trinajstić information content (AvgIpc) is 2.88. The van der Waals surface area contributed by atoms with E-state index in [1.165, 1.54) is 16.0 Å². The quantitative estimate of drug-likeness (QED) is 0.877. The van der Waals surface area contributed by atoms with E-state index in [1.807, 2.05) is 23.6 Å². The Balaban J connectivity index is 1.77. The first-order valence-electron chi connectivity index (χ1n) is 6.09. The van der Waals surface area contributed by atoms with Crippen molar-refractivity contribution in [2.75, 3.05) is 0 Å². The van der Waals surface area contributed by atoms with Gasteiger partial charge in [-0.15, -0.1) is 11.3 Å². The van der Waals surface area contributed by atoms with Gasteiger partial charge in [-0.1, -0.05) is 30.3 Å². The van der Waals surface area contributed by atoms with E-state index in [0.717, 1.165) is 6.42 Å². The zero-order chi connectivity index (χ0) is 12.8. The Morgan fingerprint density at radius 1 is 1.22 bits per heavy atom. The zero-order valence-corrected chi connectivity index (χ0v) is 11.3. The maximum absolute atomic E-state index is 11.7. The Morgan fingerprint density at radius 2 is 2.06 bits per heavy atom. The normalized spacial score (nSPS) is 10.3. The lowest BCUT2D eigenvalue weighted by molar-refractivity contribution is -0.121. The minimum absolute atomic E-state index is 0.117. The molecule has 2 rings (SSSR count). The number of rotatable bonds is 5. The molecule has 1 heterocycles. The minimum atomic E-state index is 0.117. The molecule has 0 aliphatic carbocycles. The van der Waals surface area contributed by atoms with Crippen LogP contribution in [0.1, 0.15) is 22.4 Å². The minimum Gasteiger partial charge on any atom is -0.352 e. The van der Waals surface area contributed by atoms with Crippen LogP contribution in [0.15, 0.2) is 41.8 Å². The van der Waals surface area contributed by atoms with Crippen LogP contribution in [0.3, 0.4) is 0 Å². The van der Waals surface area contributed by atoms with Crippen LogP contribution in [0.4, 0.5) is 0 Å². The van der Waals surface area contributed by atoms with Crippen LogP contribution in [0.2, 0.25) is 0 Å². The molecular weight excluding hydrogens is 242 g/mol. The molecule has 0 atom stereocenters. The van der Waals surface area contributed by atoms with Gasteiger partial charge in [0.15, 0.2) is 0 Å². The van der Waals surface area contributed by atoms with Crippen LogP contribution in [0.5, 0.6) is 0 Å². The Kier molecular flexibility index (Phi) is 4.53. The number of carbonyl (C=O) groups is 1. The predicted molar refractivity (Wildman–Crippen MR) is 75.7 cm³/mol. The molecule has 1 aromatic heterocycles. The van der Waals surface area contributed by atoms with E-state index in [4.69, 9.17) is 0 Å². The van der Waals surface area contributed by atoms with Crippen LogP contribution >= 0.6 is 11.3 Å². The smallest absolute Gasteiger partial charge is 0.220 e. The van der Waals surface area contributed by atoms with E-state index < -0.39 is 0 Å². The SMILES string of the molecule is Cc1ccccc1CNC(=O)CCc1cccs1. The molecule has 1 aromatic carbocycles. The van der Waals surface area contributed by atoms with Crippen LogP contribution in [-0.4, -0.2) is 5.91 Å². The third-order valence-corrected chi connectivity index (χ3v) is 3.85. The van der Waals surface area contributed by atoms with Gasteiger partial charge in [-0.2, -0.15) is 0 Å². The lowest BCUT2D eigenvalue weighted by Gasteiger charge is -2.07. The van der Waals surface area contributed by atoms with Gasteiger partial charge < -0.3 is 5.32 Å². The van der Waals surface area contributed by atoms with Crippen molar-refractivity contribution in [3.8, 4) is 0 Å². The molecular formula is C15H17NOS. The molecule has 3 heteroatoms. The molecule has 18 heavy (non-hydrogen) atoms. The molecule has 0 aliphatic heterocycles. The average molecular weight is 259 g/mol. The lowest BCUT2D eigenvalue weighted by atomic mass is 10.1. The Morgan fingerprint density at radius 3 is 2.78 bits per heavy atom. The van der Waals surface area contributed by atoms with Crippen molar-refractivity contribution in [3.05, 3.63) is 57.8 Å². The monoisotopic (exact) mass is 259 g/mol. The van der Waals surface area contributed by atoms with Gasteiger partial charge in [-0.3, -0.25) is 4.79 Å². The summed E-state index contributed by atoms with van der Waals surface area (Å²) in [6, 6.07) is 12.2. The first-order valence-corrected chi connectivity index (χ1v) is 6.97. The summed E-state index contributed by atoms with van der Waals surface area (Å²) in [6.45, 7) is 2.68. The van der Waals surface area contributed by atoms with Gasteiger partial charge in [0.05, 0.1) is 0 Å². The molecule has 1 N–H and O–H groups in total. The van der Waals surface area contributed by atoms with E-state index in [1.54, 1.807) is 11.3 Å². The molecule has 0 aliphatic rings. The number of hydrogen-bond acceptors (Lipinski definition) is 2. The molecule has 0 spiro atoms. The highest BCUT2D eigenvalue weighted by Gasteiger charge is 2.03. The van der Waals surface area contributed by atoms with Gasteiger partial charge in [0, 0.05) is 17.8 Å². The molecule has 94 valence electrons. The summed E-state index contributed by atoms with van der Waals surface area (Å²) >= 11 is 1.70. The van der Waals surface area contributed by atoms with Crippen molar-refractivity contribution in [2.45, 2.75) is 26.3 Å². The summed E-state index contributed by atoms with van der Waals surface area (Å²) in [5.74, 6) is 0.117. The summed E-state index contributed by atoms with van der Waals surface area (Å²) in [5.41, 5.74) is 2.40. The van der Waals surface area contributed by atoms with Crippen LogP contribution in [0, 0.1) is 6.92 Å². The van der Waals surface area contributed by atoms with E-state index in [2.05, 4.69) is 30.4 Å². The van der Waals surface area contributed by atoms with Gasteiger partial charge in [-0.25, -0.2) is 0 Å². The van der Waals surface area contributed by atoms with E-state index >= 15 is 0 Å². The fourth-order valence-corrected chi connectivity index (χ4v) is 2.49. The number of thiophene rings is 1. The molecule has 2 aromatic rings. The van der Waals surface area contributed by atoms with Crippen molar-refractivity contribution >= 4 is 17.2 Å². The molecule has 0 unspecified atom stereocenters. The third-order valence-electron chi connectivity index (χ3n) is 2.92. The number of aryl methyl sites for hydroxylation is 2. The number of hydrogen-bond donors (Lipinski definition) is 1. The first kappa shape index (κ1) is 12.8.